The van der Waals surface area contributed by atoms with E-state index in [1.807, 2.05) is 0 Å². The number of likely N-dealkylation sites (tertiary alicyclic amines) is 1. The van der Waals surface area contributed by atoms with Crippen molar-refractivity contribution in [2.24, 2.45) is 5.41 Å². The fourth-order valence-corrected chi connectivity index (χ4v) is 3.31. The molecule has 2 aliphatic rings. The normalized spacial score (nSPS) is 42.9. The van der Waals surface area contributed by atoms with Gasteiger partial charge in [-0.2, -0.15) is 0 Å². The summed E-state index contributed by atoms with van der Waals surface area (Å²) in [6, 6.07) is -0.0339. The van der Waals surface area contributed by atoms with Gasteiger partial charge in [0.1, 0.15) is 12.1 Å². The van der Waals surface area contributed by atoms with E-state index < -0.39 is 0 Å². The third kappa shape index (κ3) is 1.56. The Morgan fingerprint density at radius 3 is 2.62 bits per heavy atom. The molecule has 92 valence electrons. The molecule has 0 aromatic carbocycles. The number of likely N-dealkylation sites (N-methyl/N-ethyl adjacent to an activating group) is 1. The van der Waals surface area contributed by atoms with Gasteiger partial charge in [0, 0.05) is 17.4 Å². The number of carbonyl (C=O) groups is 1. The van der Waals surface area contributed by atoms with Crippen LogP contribution in [-0.4, -0.2) is 35.6 Å². The van der Waals surface area contributed by atoms with Gasteiger partial charge in [-0.15, -0.1) is 0 Å². The van der Waals surface area contributed by atoms with Crippen molar-refractivity contribution < 1.29 is 9.53 Å². The summed E-state index contributed by atoms with van der Waals surface area (Å²) in [5, 5.41) is 0. The van der Waals surface area contributed by atoms with Crippen molar-refractivity contribution in [2.45, 2.75) is 64.6 Å². The Bertz CT molecular complexity index is 313. The highest BCUT2D eigenvalue weighted by atomic mass is 16.6. The smallest absolute Gasteiger partial charge is 0.323 e. The molecule has 0 N–H and O–H groups in total. The number of hydrogen-bond acceptors (Lipinski definition) is 3. The SMILES string of the molecule is CCC1(C)CC(C)(C)N(C)C2CC1OC2=O. The highest BCUT2D eigenvalue weighted by Gasteiger charge is 2.53. The van der Waals surface area contributed by atoms with Crippen LogP contribution in [0.5, 0.6) is 0 Å². The summed E-state index contributed by atoms with van der Waals surface area (Å²) >= 11 is 0. The Morgan fingerprint density at radius 1 is 1.44 bits per heavy atom. The molecule has 3 unspecified atom stereocenters. The summed E-state index contributed by atoms with van der Waals surface area (Å²) in [6.45, 7) is 8.92. The Labute approximate surface area is 98.1 Å². The van der Waals surface area contributed by atoms with Crippen molar-refractivity contribution in [3.8, 4) is 0 Å². The maximum absolute atomic E-state index is 11.8. The number of ether oxygens (including phenoxy) is 1. The van der Waals surface area contributed by atoms with E-state index in [9.17, 15) is 4.79 Å². The number of fused-ring (bicyclic) bond motifs is 2. The Hall–Kier alpha value is -0.570. The molecule has 2 rings (SSSR count). The molecule has 2 aliphatic heterocycles. The fraction of sp³-hybridized carbons (Fsp3) is 0.923. The van der Waals surface area contributed by atoms with Gasteiger partial charge < -0.3 is 4.74 Å². The predicted octanol–water partition coefficient (Wildman–Crippen LogP) is 2.20. The zero-order valence-corrected chi connectivity index (χ0v) is 11.0. The molecule has 0 aliphatic carbocycles. The average Bonchev–Trinajstić information content (AvgIpc) is 2.55. The van der Waals surface area contributed by atoms with Crippen LogP contribution >= 0.6 is 0 Å². The molecule has 3 nitrogen and oxygen atoms in total. The van der Waals surface area contributed by atoms with Crippen molar-refractivity contribution in [3.05, 3.63) is 0 Å². The van der Waals surface area contributed by atoms with Crippen LogP contribution in [0.15, 0.2) is 0 Å². The lowest BCUT2D eigenvalue weighted by Crippen LogP contribution is -2.51. The molecule has 3 atom stereocenters. The van der Waals surface area contributed by atoms with Gasteiger partial charge in [0.25, 0.3) is 0 Å². The monoisotopic (exact) mass is 225 g/mol. The average molecular weight is 225 g/mol. The first-order valence-corrected chi connectivity index (χ1v) is 6.23. The molecule has 0 radical (unpaired) electrons. The van der Waals surface area contributed by atoms with Crippen molar-refractivity contribution in [2.75, 3.05) is 7.05 Å². The van der Waals surface area contributed by atoms with Crippen LogP contribution < -0.4 is 0 Å². The molecule has 0 amide bonds. The van der Waals surface area contributed by atoms with Gasteiger partial charge in [-0.1, -0.05) is 13.8 Å². The standard InChI is InChI=1S/C13H23NO2/c1-6-13(4)8-12(2,3)14(5)9-7-10(13)16-11(9)15/h9-10H,6-8H2,1-5H3. The number of carbonyl (C=O) groups excluding carboxylic acids is 1. The van der Waals surface area contributed by atoms with Crippen LogP contribution in [0.3, 0.4) is 0 Å². The van der Waals surface area contributed by atoms with Crippen molar-refractivity contribution in [1.82, 2.24) is 4.90 Å². The summed E-state index contributed by atoms with van der Waals surface area (Å²) in [4.78, 5) is 14.1. The van der Waals surface area contributed by atoms with Gasteiger partial charge >= 0.3 is 5.97 Å². The van der Waals surface area contributed by atoms with E-state index in [2.05, 4.69) is 39.6 Å². The van der Waals surface area contributed by atoms with Gasteiger partial charge in [-0.05, 0) is 33.7 Å². The summed E-state index contributed by atoms with van der Waals surface area (Å²) in [7, 11) is 2.05. The maximum atomic E-state index is 11.8. The minimum Gasteiger partial charge on any atom is -0.461 e. The third-order valence-corrected chi connectivity index (χ3v) is 4.81. The van der Waals surface area contributed by atoms with Crippen molar-refractivity contribution in [1.29, 1.82) is 0 Å². The van der Waals surface area contributed by atoms with E-state index in [0.29, 0.717) is 0 Å². The fourth-order valence-electron chi connectivity index (χ4n) is 3.31. The highest BCUT2D eigenvalue weighted by Crippen LogP contribution is 2.47. The summed E-state index contributed by atoms with van der Waals surface area (Å²) in [5.74, 6) is -0.0278. The molecule has 2 heterocycles. The zero-order chi connectivity index (χ0) is 12.1. The van der Waals surface area contributed by atoms with Crippen LogP contribution in [-0.2, 0) is 9.53 Å². The summed E-state index contributed by atoms with van der Waals surface area (Å²) in [5.41, 5.74) is 0.197. The first-order chi connectivity index (χ1) is 7.30. The lowest BCUT2D eigenvalue weighted by molar-refractivity contribution is -0.155. The van der Waals surface area contributed by atoms with Crippen LogP contribution in [0, 0.1) is 5.41 Å². The van der Waals surface area contributed by atoms with Gasteiger partial charge in [0.15, 0.2) is 0 Å². The Kier molecular flexibility index (Phi) is 2.57. The molecule has 16 heavy (non-hydrogen) atoms. The molecule has 2 saturated heterocycles. The van der Waals surface area contributed by atoms with E-state index in [-0.39, 0.29) is 29.1 Å². The Morgan fingerprint density at radius 2 is 2.06 bits per heavy atom. The predicted molar refractivity (Wildman–Crippen MR) is 63.1 cm³/mol. The topological polar surface area (TPSA) is 29.5 Å². The molecular weight excluding hydrogens is 202 g/mol. The quantitative estimate of drug-likeness (QED) is 0.641. The molecule has 3 heteroatoms. The van der Waals surface area contributed by atoms with Crippen LogP contribution in [0.1, 0.15) is 47.0 Å². The summed E-state index contributed by atoms with van der Waals surface area (Å²) < 4.78 is 5.55. The van der Waals surface area contributed by atoms with Gasteiger partial charge in [0.2, 0.25) is 0 Å². The van der Waals surface area contributed by atoms with E-state index in [1.165, 1.54) is 0 Å². The van der Waals surface area contributed by atoms with Crippen LogP contribution in [0.4, 0.5) is 0 Å². The van der Waals surface area contributed by atoms with E-state index in [0.717, 1.165) is 19.3 Å². The van der Waals surface area contributed by atoms with Crippen LogP contribution in [0.2, 0.25) is 0 Å². The zero-order valence-electron chi connectivity index (χ0n) is 11.0. The molecule has 2 bridgehead atoms. The van der Waals surface area contributed by atoms with Crippen LogP contribution in [0.25, 0.3) is 0 Å². The molecule has 2 fully saturated rings. The number of rotatable bonds is 1. The second-order valence-electron chi connectivity index (χ2n) is 6.28. The minimum atomic E-state index is -0.0339. The van der Waals surface area contributed by atoms with Crippen molar-refractivity contribution >= 4 is 5.97 Å². The van der Waals surface area contributed by atoms with Gasteiger partial charge in [-0.25, -0.2) is 0 Å². The molecule has 0 aromatic rings. The van der Waals surface area contributed by atoms with Gasteiger partial charge in [-0.3, -0.25) is 9.69 Å². The molecule has 0 aromatic heterocycles. The first kappa shape index (κ1) is 11.9. The number of nitrogens with zero attached hydrogens (tertiary/aromatic N) is 1. The molecule has 0 spiro atoms. The maximum Gasteiger partial charge on any atom is 0.323 e. The lowest BCUT2D eigenvalue weighted by Gasteiger charge is -2.43. The lowest BCUT2D eigenvalue weighted by atomic mass is 9.73. The first-order valence-electron chi connectivity index (χ1n) is 6.23. The van der Waals surface area contributed by atoms with Gasteiger partial charge in [0.05, 0.1) is 0 Å². The second-order valence-corrected chi connectivity index (χ2v) is 6.28. The van der Waals surface area contributed by atoms with Crippen molar-refractivity contribution in [3.63, 3.8) is 0 Å². The third-order valence-electron chi connectivity index (χ3n) is 4.81. The minimum absolute atomic E-state index is 0.0278. The Balaban J connectivity index is 2.39. The highest BCUT2D eigenvalue weighted by molar-refractivity contribution is 5.78. The van der Waals surface area contributed by atoms with E-state index >= 15 is 0 Å². The number of esters is 1. The molecule has 0 saturated carbocycles. The van der Waals surface area contributed by atoms with E-state index in [1.54, 1.807) is 0 Å². The second kappa shape index (κ2) is 3.46. The largest absolute Gasteiger partial charge is 0.461 e. The van der Waals surface area contributed by atoms with E-state index in [4.69, 9.17) is 4.74 Å². The molecular formula is C13H23NO2. The summed E-state index contributed by atoms with van der Waals surface area (Å²) in [6.07, 6.45) is 3.12. The number of hydrogen-bond donors (Lipinski definition) is 0.